The van der Waals surface area contributed by atoms with Crippen LogP contribution < -0.4 is 25.9 Å². The topological polar surface area (TPSA) is 148 Å². The molecule has 0 saturated heterocycles. The Kier molecular flexibility index (Phi) is 12.0. The number of hydrazine groups is 1. The lowest BCUT2D eigenvalue weighted by Crippen LogP contribution is -2.57. The van der Waals surface area contributed by atoms with Gasteiger partial charge in [0.15, 0.2) is 0 Å². The summed E-state index contributed by atoms with van der Waals surface area (Å²) >= 11 is 0. The molecule has 3 unspecified atom stereocenters. The molecule has 222 valence electrons. The highest BCUT2D eigenvalue weighted by Gasteiger charge is 2.32. The summed E-state index contributed by atoms with van der Waals surface area (Å²) in [7, 11) is 1.58. The summed E-state index contributed by atoms with van der Waals surface area (Å²) in [5, 5.41) is 32.1. The third kappa shape index (κ3) is 10.1. The van der Waals surface area contributed by atoms with E-state index >= 15 is 0 Å². The van der Waals surface area contributed by atoms with Gasteiger partial charge in [-0.15, -0.1) is 0 Å². The van der Waals surface area contributed by atoms with Crippen molar-refractivity contribution in [3.8, 4) is 11.5 Å². The second-order valence-corrected chi connectivity index (χ2v) is 10.9. The van der Waals surface area contributed by atoms with Crippen LogP contribution in [0.25, 0.3) is 0 Å². The largest absolute Gasteiger partial charge is 0.497 e. The number of aliphatic hydroxyl groups is 1. The Morgan fingerprint density at radius 2 is 1.61 bits per heavy atom. The summed E-state index contributed by atoms with van der Waals surface area (Å²) in [5.74, 6) is 0.915. The van der Waals surface area contributed by atoms with Gasteiger partial charge in [-0.05, 0) is 53.3 Å². The molecule has 6 N–H and O–H groups in total. The Morgan fingerprint density at radius 3 is 2.17 bits per heavy atom. The van der Waals surface area contributed by atoms with Crippen LogP contribution in [0.4, 0.5) is 0 Å². The minimum atomic E-state index is -1.07. The number of aliphatic hydroxyl groups excluding tert-OH is 1. The molecule has 3 atom stereocenters. The van der Waals surface area contributed by atoms with Crippen molar-refractivity contribution in [2.24, 2.45) is 5.41 Å². The fourth-order valence-corrected chi connectivity index (χ4v) is 4.21. The van der Waals surface area contributed by atoms with Gasteiger partial charge in [-0.25, -0.2) is 5.01 Å². The highest BCUT2D eigenvalue weighted by Crippen LogP contribution is 2.20. The fraction of sp³-hybridized carbons (Fsp3) is 0.400. The molecule has 3 rings (SSSR count). The molecule has 2 aromatic carbocycles. The zero-order chi connectivity index (χ0) is 29.8. The number of hydroxylamine groups is 2. The van der Waals surface area contributed by atoms with Gasteiger partial charge in [0.25, 0.3) is 5.91 Å². The minimum Gasteiger partial charge on any atom is -0.497 e. The number of amides is 1. The first kappa shape index (κ1) is 31.9. The Bertz CT molecular complexity index is 1190. The fourth-order valence-electron chi connectivity index (χ4n) is 4.21. The van der Waals surface area contributed by atoms with E-state index in [-0.39, 0.29) is 13.1 Å². The van der Waals surface area contributed by atoms with E-state index in [0.717, 1.165) is 16.7 Å². The van der Waals surface area contributed by atoms with Crippen LogP contribution in [-0.2, 0) is 24.4 Å². The summed E-state index contributed by atoms with van der Waals surface area (Å²) in [5.41, 5.74) is 9.21. The predicted octanol–water partition coefficient (Wildman–Crippen LogP) is 2.85. The van der Waals surface area contributed by atoms with Crippen molar-refractivity contribution in [1.82, 2.24) is 26.4 Å². The Hall–Kier alpha value is -3.58. The molecule has 1 heterocycles. The number of methoxy groups -OCH3 is 1. The van der Waals surface area contributed by atoms with Crippen LogP contribution >= 0.6 is 0 Å². The van der Waals surface area contributed by atoms with Crippen molar-refractivity contribution in [1.29, 1.82) is 0 Å². The number of carbonyl (C=O) groups is 1. The predicted molar refractivity (Wildman–Crippen MR) is 153 cm³/mol. The van der Waals surface area contributed by atoms with E-state index in [2.05, 4.69) is 21.4 Å². The van der Waals surface area contributed by atoms with Crippen molar-refractivity contribution in [3.05, 3.63) is 89.7 Å². The van der Waals surface area contributed by atoms with Crippen LogP contribution in [0.3, 0.4) is 0 Å². The molecule has 0 radical (unpaired) electrons. The molecule has 3 aromatic rings. The van der Waals surface area contributed by atoms with Crippen LogP contribution in [0.5, 0.6) is 11.5 Å². The van der Waals surface area contributed by atoms with E-state index in [1.54, 1.807) is 36.6 Å². The molecule has 0 aliphatic heterocycles. The second-order valence-electron chi connectivity index (χ2n) is 10.9. The van der Waals surface area contributed by atoms with Crippen LogP contribution in [0.15, 0.2) is 73.1 Å². The van der Waals surface area contributed by atoms with Crippen molar-refractivity contribution in [3.63, 3.8) is 0 Å². The number of hydrogen-bond acceptors (Lipinski definition) is 10. The molecule has 11 nitrogen and oxygen atoms in total. The number of hydrogen-bond donors (Lipinski definition) is 6. The third-order valence-corrected chi connectivity index (χ3v) is 6.60. The smallest absolute Gasteiger partial charge is 0.254 e. The number of nitrogens with one attached hydrogen (secondary N) is 3. The van der Waals surface area contributed by atoms with Gasteiger partial charge in [-0.2, -0.15) is 11.0 Å². The quantitative estimate of drug-likeness (QED) is 0.151. The number of carbonyl (C=O) groups excluding carboxylic acids is 1. The van der Waals surface area contributed by atoms with Crippen molar-refractivity contribution in [2.45, 2.75) is 58.5 Å². The monoisotopic (exact) mass is 567 g/mol. The Balaban J connectivity index is 1.71. The van der Waals surface area contributed by atoms with Crippen molar-refractivity contribution >= 4 is 5.91 Å². The number of rotatable bonds is 15. The van der Waals surface area contributed by atoms with Crippen LogP contribution in [0, 0.1) is 5.41 Å². The Morgan fingerprint density at radius 1 is 0.951 bits per heavy atom. The number of aromatic nitrogens is 1. The van der Waals surface area contributed by atoms with Gasteiger partial charge in [0.1, 0.15) is 24.1 Å². The van der Waals surface area contributed by atoms with E-state index in [1.165, 1.54) is 0 Å². The highest BCUT2D eigenvalue weighted by atomic mass is 16.5. The van der Waals surface area contributed by atoms with Gasteiger partial charge in [0.2, 0.25) is 0 Å². The van der Waals surface area contributed by atoms with Gasteiger partial charge in [0.05, 0.1) is 19.3 Å². The van der Waals surface area contributed by atoms with E-state index in [4.69, 9.17) is 9.47 Å². The first-order valence-electron chi connectivity index (χ1n) is 13.4. The lowest BCUT2D eigenvalue weighted by molar-refractivity contribution is -0.135. The molecular weight excluding hydrogens is 526 g/mol. The summed E-state index contributed by atoms with van der Waals surface area (Å²) in [6.45, 7) is 6.09. The molecule has 0 aliphatic carbocycles. The summed E-state index contributed by atoms with van der Waals surface area (Å²) in [4.78, 5) is 17.2. The molecular formula is C30H41N5O6. The molecule has 0 saturated carbocycles. The molecule has 0 spiro atoms. The summed E-state index contributed by atoms with van der Waals surface area (Å²) in [6.07, 6.45) is 2.71. The average Bonchev–Trinajstić information content (AvgIpc) is 2.95. The van der Waals surface area contributed by atoms with Crippen molar-refractivity contribution < 1.29 is 29.8 Å². The van der Waals surface area contributed by atoms with Gasteiger partial charge in [-0.3, -0.25) is 15.2 Å². The molecule has 0 fully saturated rings. The van der Waals surface area contributed by atoms with Crippen LogP contribution in [0.1, 0.15) is 37.5 Å². The van der Waals surface area contributed by atoms with Gasteiger partial charge < -0.3 is 25.0 Å². The Labute approximate surface area is 241 Å². The molecule has 0 aliphatic rings. The summed E-state index contributed by atoms with van der Waals surface area (Å²) in [6, 6.07) is 16.9. The second kappa shape index (κ2) is 15.4. The maximum absolute atomic E-state index is 13.1. The van der Waals surface area contributed by atoms with Crippen LogP contribution in [-0.4, -0.2) is 63.3 Å². The minimum absolute atomic E-state index is 0.0122. The van der Waals surface area contributed by atoms with Gasteiger partial charge in [0, 0.05) is 31.0 Å². The molecule has 1 aromatic heterocycles. The zero-order valence-electron chi connectivity index (χ0n) is 23.9. The average molecular weight is 568 g/mol. The highest BCUT2D eigenvalue weighted by molar-refractivity contribution is 5.81. The van der Waals surface area contributed by atoms with Crippen molar-refractivity contribution in [2.75, 3.05) is 13.7 Å². The number of nitrogens with zero attached hydrogens (tertiary/aromatic N) is 2. The first-order valence-corrected chi connectivity index (χ1v) is 13.4. The summed E-state index contributed by atoms with van der Waals surface area (Å²) < 4.78 is 11.0. The first-order chi connectivity index (χ1) is 19.6. The normalized spacial score (nSPS) is 13.9. The van der Waals surface area contributed by atoms with Gasteiger partial charge >= 0.3 is 0 Å². The molecule has 41 heavy (non-hydrogen) atoms. The molecule has 0 bridgehead atoms. The zero-order valence-corrected chi connectivity index (χ0v) is 23.9. The standard InChI is InChI=1S/C30H41N5O6/c1-30(2,3)28(34-39)29(37)32-35(19-27(36)26(33-38)16-21-7-11-24(40-4)12-8-21)18-22-9-13-25(14-10-22)41-20-23-6-5-15-31-17-23/h5-15,17,26-28,33-34,36,38-39H,16,18-20H2,1-4H3,(H,32,37). The lowest BCUT2D eigenvalue weighted by Gasteiger charge is -2.33. The number of ether oxygens (including phenoxy) is 2. The SMILES string of the molecule is COc1ccc(CC(NO)C(O)CN(Cc2ccc(OCc3cccnc3)cc2)NC(=O)C(NO)C(C)(C)C)cc1. The van der Waals surface area contributed by atoms with E-state index in [1.807, 2.05) is 69.3 Å². The van der Waals surface area contributed by atoms with Crippen LogP contribution in [0.2, 0.25) is 0 Å². The lowest BCUT2D eigenvalue weighted by atomic mass is 9.87. The molecule has 11 heteroatoms. The van der Waals surface area contributed by atoms with E-state index in [9.17, 15) is 20.3 Å². The number of pyridine rings is 1. The maximum atomic E-state index is 13.1. The van der Waals surface area contributed by atoms with Gasteiger partial charge in [-0.1, -0.05) is 51.1 Å². The van der Waals surface area contributed by atoms with E-state index in [0.29, 0.717) is 24.5 Å². The molecule has 1 amide bonds. The number of benzene rings is 2. The third-order valence-electron chi connectivity index (χ3n) is 6.60. The maximum Gasteiger partial charge on any atom is 0.254 e. The van der Waals surface area contributed by atoms with E-state index < -0.39 is 29.5 Å².